The fourth-order valence-corrected chi connectivity index (χ4v) is 1.51. The van der Waals surface area contributed by atoms with E-state index in [0.717, 1.165) is 25.8 Å². The lowest BCUT2D eigenvalue weighted by Gasteiger charge is -2.33. The highest BCUT2D eigenvalue weighted by Gasteiger charge is 2.21. The van der Waals surface area contributed by atoms with Crippen LogP contribution in [0.4, 0.5) is 0 Å². The van der Waals surface area contributed by atoms with E-state index in [-0.39, 0.29) is 12.3 Å². The Hall–Kier alpha value is -0.120. The molecule has 1 rings (SSSR count). The monoisotopic (exact) mass is 159 g/mol. The van der Waals surface area contributed by atoms with E-state index in [2.05, 4.69) is 0 Å². The third-order valence-electron chi connectivity index (χ3n) is 2.21. The Kier molecular flexibility index (Phi) is 3.30. The van der Waals surface area contributed by atoms with Crippen LogP contribution in [0.1, 0.15) is 26.2 Å². The zero-order chi connectivity index (χ0) is 8.27. The minimum absolute atomic E-state index is 0.232. The normalized spacial score (nSPS) is 30.3. The van der Waals surface area contributed by atoms with Gasteiger partial charge in [-0.1, -0.05) is 6.92 Å². The molecular weight excluding hydrogens is 142 g/mol. The summed E-state index contributed by atoms with van der Waals surface area (Å²) in [6, 6.07) is 0. The van der Waals surface area contributed by atoms with Gasteiger partial charge in [-0.25, -0.2) is 0 Å². The standard InChI is InChI=1S/C8H17NO2/c1-2-8(11)9-5-3-4-7(10)6-9/h7-8,10-11H,2-6H2,1H3. The summed E-state index contributed by atoms with van der Waals surface area (Å²) in [5, 5.41) is 18.7. The van der Waals surface area contributed by atoms with Gasteiger partial charge in [0.15, 0.2) is 0 Å². The van der Waals surface area contributed by atoms with Crippen molar-refractivity contribution in [1.82, 2.24) is 4.90 Å². The van der Waals surface area contributed by atoms with Crippen molar-refractivity contribution in [1.29, 1.82) is 0 Å². The second-order valence-electron chi connectivity index (χ2n) is 3.18. The number of rotatable bonds is 2. The van der Waals surface area contributed by atoms with E-state index in [9.17, 15) is 10.2 Å². The first-order valence-corrected chi connectivity index (χ1v) is 4.34. The van der Waals surface area contributed by atoms with Crippen LogP contribution in [0, 0.1) is 0 Å². The van der Waals surface area contributed by atoms with Crippen molar-refractivity contribution in [3.63, 3.8) is 0 Å². The van der Waals surface area contributed by atoms with Gasteiger partial charge in [-0.2, -0.15) is 0 Å². The lowest BCUT2D eigenvalue weighted by Crippen LogP contribution is -2.44. The molecule has 3 heteroatoms. The van der Waals surface area contributed by atoms with Crippen LogP contribution < -0.4 is 0 Å². The summed E-state index contributed by atoms with van der Waals surface area (Å²) in [4.78, 5) is 1.94. The van der Waals surface area contributed by atoms with E-state index < -0.39 is 0 Å². The molecule has 1 aliphatic heterocycles. The Morgan fingerprint density at radius 2 is 2.36 bits per heavy atom. The van der Waals surface area contributed by atoms with Crippen molar-refractivity contribution in [3.8, 4) is 0 Å². The van der Waals surface area contributed by atoms with Crippen LogP contribution in [0.2, 0.25) is 0 Å². The SMILES string of the molecule is CCC(O)N1CCCC(O)C1. The molecule has 1 fully saturated rings. The summed E-state index contributed by atoms with van der Waals surface area (Å²) in [5.41, 5.74) is 0. The maximum absolute atomic E-state index is 9.42. The van der Waals surface area contributed by atoms with E-state index >= 15 is 0 Å². The molecule has 1 aliphatic rings. The summed E-state index contributed by atoms with van der Waals surface area (Å²) in [6.07, 6.45) is 2.03. The zero-order valence-electron chi connectivity index (χ0n) is 7.03. The molecule has 2 N–H and O–H groups in total. The molecule has 0 radical (unpaired) electrons. The van der Waals surface area contributed by atoms with Gasteiger partial charge in [0.25, 0.3) is 0 Å². The summed E-state index contributed by atoms with van der Waals surface area (Å²) in [6.45, 7) is 3.51. The van der Waals surface area contributed by atoms with Gasteiger partial charge in [-0.15, -0.1) is 0 Å². The van der Waals surface area contributed by atoms with Gasteiger partial charge in [-0.3, -0.25) is 4.90 Å². The molecule has 0 saturated carbocycles. The van der Waals surface area contributed by atoms with Gasteiger partial charge >= 0.3 is 0 Å². The van der Waals surface area contributed by atoms with Gasteiger partial charge < -0.3 is 10.2 Å². The fourth-order valence-electron chi connectivity index (χ4n) is 1.51. The molecule has 2 atom stereocenters. The molecule has 0 aromatic rings. The quantitative estimate of drug-likeness (QED) is 0.603. The maximum Gasteiger partial charge on any atom is 0.107 e. The van der Waals surface area contributed by atoms with E-state index in [1.807, 2.05) is 11.8 Å². The van der Waals surface area contributed by atoms with Gasteiger partial charge in [0, 0.05) is 13.1 Å². The van der Waals surface area contributed by atoms with Crippen molar-refractivity contribution < 1.29 is 10.2 Å². The van der Waals surface area contributed by atoms with E-state index in [0.29, 0.717) is 6.54 Å². The molecule has 2 unspecified atom stereocenters. The molecule has 0 bridgehead atoms. The second-order valence-corrected chi connectivity index (χ2v) is 3.18. The fraction of sp³-hybridized carbons (Fsp3) is 1.00. The van der Waals surface area contributed by atoms with Crippen LogP contribution in [0.3, 0.4) is 0 Å². The molecule has 0 aromatic carbocycles. The van der Waals surface area contributed by atoms with Crippen LogP contribution >= 0.6 is 0 Å². The smallest absolute Gasteiger partial charge is 0.107 e. The number of nitrogens with zero attached hydrogens (tertiary/aromatic N) is 1. The molecule has 0 aromatic heterocycles. The third kappa shape index (κ3) is 2.43. The Balaban J connectivity index is 2.33. The second kappa shape index (κ2) is 4.04. The van der Waals surface area contributed by atoms with Gasteiger partial charge in [-0.05, 0) is 19.3 Å². The zero-order valence-corrected chi connectivity index (χ0v) is 7.03. The van der Waals surface area contributed by atoms with Crippen LogP contribution in [-0.4, -0.2) is 40.5 Å². The average molecular weight is 159 g/mol. The molecule has 0 spiro atoms. The first-order chi connectivity index (χ1) is 5.24. The summed E-state index contributed by atoms with van der Waals surface area (Å²) < 4.78 is 0. The Morgan fingerprint density at radius 3 is 2.91 bits per heavy atom. The van der Waals surface area contributed by atoms with Crippen LogP contribution in [0.25, 0.3) is 0 Å². The number of β-amino-alcohol motifs (C(OH)–C–C–N with tert-alkyl or cyclic N) is 1. The molecule has 3 nitrogen and oxygen atoms in total. The predicted octanol–water partition coefficient (Wildman–Crippen LogP) is 0.172. The first kappa shape index (κ1) is 8.97. The maximum atomic E-state index is 9.42. The lowest BCUT2D eigenvalue weighted by atomic mass is 10.1. The van der Waals surface area contributed by atoms with Crippen LogP contribution in [-0.2, 0) is 0 Å². The highest BCUT2D eigenvalue weighted by Crippen LogP contribution is 2.12. The highest BCUT2D eigenvalue weighted by molar-refractivity contribution is 4.72. The topological polar surface area (TPSA) is 43.7 Å². The van der Waals surface area contributed by atoms with Crippen molar-refractivity contribution in [2.45, 2.75) is 38.5 Å². The molecule has 1 heterocycles. The lowest BCUT2D eigenvalue weighted by molar-refractivity contribution is -0.0448. The minimum Gasteiger partial charge on any atom is -0.392 e. The number of hydrogen-bond acceptors (Lipinski definition) is 3. The molecule has 0 amide bonds. The predicted molar refractivity (Wildman–Crippen MR) is 43.1 cm³/mol. The van der Waals surface area contributed by atoms with Crippen molar-refractivity contribution >= 4 is 0 Å². The summed E-state index contributed by atoms with van der Waals surface area (Å²) in [5.74, 6) is 0. The van der Waals surface area contributed by atoms with Crippen LogP contribution in [0.15, 0.2) is 0 Å². The molecule has 0 aliphatic carbocycles. The van der Waals surface area contributed by atoms with Crippen molar-refractivity contribution in [3.05, 3.63) is 0 Å². The third-order valence-corrected chi connectivity index (χ3v) is 2.21. The molecule has 11 heavy (non-hydrogen) atoms. The Morgan fingerprint density at radius 1 is 1.64 bits per heavy atom. The van der Waals surface area contributed by atoms with E-state index in [1.165, 1.54) is 0 Å². The van der Waals surface area contributed by atoms with Crippen molar-refractivity contribution in [2.75, 3.05) is 13.1 Å². The number of hydrogen-bond donors (Lipinski definition) is 2. The molecule has 66 valence electrons. The van der Waals surface area contributed by atoms with Crippen molar-refractivity contribution in [2.24, 2.45) is 0 Å². The largest absolute Gasteiger partial charge is 0.392 e. The number of aliphatic hydroxyl groups is 2. The number of aliphatic hydroxyl groups excluding tert-OH is 2. The van der Waals surface area contributed by atoms with Gasteiger partial charge in [0.1, 0.15) is 6.23 Å². The first-order valence-electron chi connectivity index (χ1n) is 4.34. The Bertz CT molecular complexity index is 119. The van der Waals surface area contributed by atoms with E-state index in [4.69, 9.17) is 0 Å². The van der Waals surface area contributed by atoms with Gasteiger partial charge in [0.2, 0.25) is 0 Å². The van der Waals surface area contributed by atoms with Crippen LogP contribution in [0.5, 0.6) is 0 Å². The average Bonchev–Trinajstić information content (AvgIpc) is 2.03. The summed E-state index contributed by atoms with van der Waals surface area (Å²) >= 11 is 0. The molecule has 1 saturated heterocycles. The minimum atomic E-state index is -0.357. The Labute approximate surface area is 67.6 Å². The summed E-state index contributed by atoms with van der Waals surface area (Å²) in [7, 11) is 0. The van der Waals surface area contributed by atoms with Gasteiger partial charge in [0.05, 0.1) is 6.10 Å². The number of likely N-dealkylation sites (tertiary alicyclic amines) is 1. The molecular formula is C8H17NO2. The van der Waals surface area contributed by atoms with E-state index in [1.54, 1.807) is 0 Å². The number of piperidine rings is 1. The highest BCUT2D eigenvalue weighted by atomic mass is 16.3.